The van der Waals surface area contributed by atoms with E-state index in [1.165, 1.54) is 5.56 Å². The number of sulfonamides is 1. The number of piperazine rings is 1. The van der Waals surface area contributed by atoms with E-state index in [0.29, 0.717) is 31.1 Å². The van der Waals surface area contributed by atoms with Crippen LogP contribution >= 0.6 is 0 Å². The molecule has 0 spiro atoms. The van der Waals surface area contributed by atoms with E-state index in [1.54, 1.807) is 10.4 Å². The van der Waals surface area contributed by atoms with Crippen molar-refractivity contribution in [3.05, 3.63) is 72.3 Å². The summed E-state index contributed by atoms with van der Waals surface area (Å²) in [4.78, 5) is 2.65. The Hall–Kier alpha value is -2.37. The Labute approximate surface area is 154 Å². The van der Waals surface area contributed by atoms with E-state index < -0.39 is 10.0 Å². The van der Waals surface area contributed by atoms with E-state index in [2.05, 4.69) is 36.1 Å². The third-order valence-corrected chi connectivity index (χ3v) is 6.96. The zero-order chi connectivity index (χ0) is 18.1. The molecule has 0 atom stereocenters. The van der Waals surface area contributed by atoms with Crippen molar-refractivity contribution in [3.63, 3.8) is 0 Å². The molecule has 0 N–H and O–H groups in total. The lowest BCUT2D eigenvalue weighted by molar-refractivity contribution is 0.385. The van der Waals surface area contributed by atoms with Crippen molar-refractivity contribution in [2.75, 3.05) is 31.1 Å². The predicted molar refractivity (Wildman–Crippen MR) is 106 cm³/mol. The van der Waals surface area contributed by atoms with Gasteiger partial charge in [0.05, 0.1) is 4.90 Å². The van der Waals surface area contributed by atoms with Gasteiger partial charge in [-0.25, -0.2) is 8.42 Å². The Morgan fingerprint density at radius 2 is 1.42 bits per heavy atom. The second kappa shape index (κ2) is 6.74. The smallest absolute Gasteiger partial charge is 0.243 e. The number of nitrogens with zero attached hydrogens (tertiary/aromatic N) is 2. The van der Waals surface area contributed by atoms with Gasteiger partial charge >= 0.3 is 0 Å². The highest BCUT2D eigenvalue weighted by Crippen LogP contribution is 2.27. The molecule has 1 aliphatic rings. The Balaban J connectivity index is 1.57. The largest absolute Gasteiger partial charge is 0.369 e. The second-order valence-electron chi connectivity index (χ2n) is 6.70. The van der Waals surface area contributed by atoms with Crippen molar-refractivity contribution >= 4 is 26.5 Å². The Kier molecular flexibility index (Phi) is 4.42. The molecule has 3 aromatic rings. The van der Waals surface area contributed by atoms with E-state index >= 15 is 0 Å². The number of rotatable bonds is 3. The molecule has 5 heteroatoms. The van der Waals surface area contributed by atoms with E-state index in [1.807, 2.05) is 36.4 Å². The lowest BCUT2D eigenvalue weighted by atomic mass is 10.1. The van der Waals surface area contributed by atoms with Gasteiger partial charge in [-0.1, -0.05) is 54.1 Å². The molecular weight excluding hydrogens is 344 g/mol. The van der Waals surface area contributed by atoms with Crippen molar-refractivity contribution in [3.8, 4) is 0 Å². The highest BCUT2D eigenvalue weighted by Gasteiger charge is 2.29. The van der Waals surface area contributed by atoms with Gasteiger partial charge in [0.15, 0.2) is 0 Å². The molecule has 0 aliphatic carbocycles. The van der Waals surface area contributed by atoms with Gasteiger partial charge in [0.2, 0.25) is 10.0 Å². The molecule has 26 heavy (non-hydrogen) atoms. The van der Waals surface area contributed by atoms with Gasteiger partial charge in [-0.3, -0.25) is 0 Å². The van der Waals surface area contributed by atoms with Gasteiger partial charge in [-0.15, -0.1) is 0 Å². The van der Waals surface area contributed by atoms with Gasteiger partial charge < -0.3 is 4.90 Å². The highest BCUT2D eigenvalue weighted by atomic mass is 32.2. The quantitative estimate of drug-likeness (QED) is 0.710. The number of fused-ring (bicyclic) bond motifs is 1. The molecule has 1 heterocycles. The lowest BCUT2D eigenvalue weighted by Crippen LogP contribution is -2.48. The van der Waals surface area contributed by atoms with Crippen LogP contribution in [0.15, 0.2) is 71.6 Å². The van der Waals surface area contributed by atoms with Crippen LogP contribution in [0.3, 0.4) is 0 Å². The summed E-state index contributed by atoms with van der Waals surface area (Å²) in [6, 6.07) is 21.5. The first-order valence-electron chi connectivity index (χ1n) is 8.85. The van der Waals surface area contributed by atoms with Crippen LogP contribution in [0.2, 0.25) is 0 Å². The molecule has 1 aliphatic heterocycles. The number of hydrogen-bond acceptors (Lipinski definition) is 3. The van der Waals surface area contributed by atoms with Crippen LogP contribution in [0.4, 0.5) is 5.69 Å². The molecule has 0 amide bonds. The zero-order valence-corrected chi connectivity index (χ0v) is 15.6. The number of aryl methyl sites for hydroxylation is 1. The average molecular weight is 366 g/mol. The Bertz CT molecular complexity index is 1020. The molecule has 0 radical (unpaired) electrons. The molecule has 0 unspecified atom stereocenters. The summed E-state index contributed by atoms with van der Waals surface area (Å²) in [5, 5.41) is 1.74. The van der Waals surface area contributed by atoms with Crippen molar-refractivity contribution in [1.82, 2.24) is 4.31 Å². The van der Waals surface area contributed by atoms with Crippen LogP contribution in [0.1, 0.15) is 5.56 Å². The molecule has 4 rings (SSSR count). The summed E-state index contributed by atoms with van der Waals surface area (Å²) < 4.78 is 28.0. The zero-order valence-electron chi connectivity index (χ0n) is 14.8. The van der Waals surface area contributed by atoms with Crippen molar-refractivity contribution in [2.24, 2.45) is 0 Å². The molecule has 3 aromatic carbocycles. The SMILES string of the molecule is Cc1ccc(N2CCN(S(=O)(=O)c3cccc4ccccc34)CC2)cc1. The summed E-state index contributed by atoms with van der Waals surface area (Å²) in [6.45, 7) is 4.47. The molecular formula is C21H22N2O2S. The van der Waals surface area contributed by atoms with Crippen LogP contribution in [0.25, 0.3) is 10.8 Å². The summed E-state index contributed by atoms with van der Waals surface area (Å²) >= 11 is 0. The predicted octanol–water partition coefficient (Wildman–Crippen LogP) is 3.66. The third kappa shape index (κ3) is 3.08. The van der Waals surface area contributed by atoms with Crippen molar-refractivity contribution in [1.29, 1.82) is 0 Å². The first-order chi connectivity index (χ1) is 12.6. The van der Waals surface area contributed by atoms with Crippen molar-refractivity contribution in [2.45, 2.75) is 11.8 Å². The van der Waals surface area contributed by atoms with Crippen LogP contribution in [0, 0.1) is 6.92 Å². The summed E-state index contributed by atoms with van der Waals surface area (Å²) in [5.74, 6) is 0. The monoisotopic (exact) mass is 366 g/mol. The fourth-order valence-corrected chi connectivity index (χ4v) is 5.14. The van der Waals surface area contributed by atoms with Crippen molar-refractivity contribution < 1.29 is 8.42 Å². The standard InChI is InChI=1S/C21H22N2O2S/c1-17-9-11-19(12-10-17)22-13-15-23(16-14-22)26(24,25)21-8-4-6-18-5-2-3-7-20(18)21/h2-12H,13-16H2,1H3. The first-order valence-corrected chi connectivity index (χ1v) is 10.3. The van der Waals surface area contributed by atoms with Crippen LogP contribution in [0.5, 0.6) is 0 Å². The molecule has 134 valence electrons. The second-order valence-corrected chi connectivity index (χ2v) is 8.61. The summed E-state index contributed by atoms with van der Waals surface area (Å²) in [6.07, 6.45) is 0. The maximum atomic E-state index is 13.2. The fraction of sp³-hybridized carbons (Fsp3) is 0.238. The number of hydrogen-bond donors (Lipinski definition) is 0. The molecule has 0 aromatic heterocycles. The van der Waals surface area contributed by atoms with E-state index in [9.17, 15) is 8.42 Å². The third-order valence-electron chi connectivity index (χ3n) is 5.01. The van der Waals surface area contributed by atoms with Gasteiger partial charge in [-0.2, -0.15) is 4.31 Å². The first kappa shape index (κ1) is 17.1. The average Bonchev–Trinajstić information content (AvgIpc) is 2.68. The number of benzene rings is 3. The van der Waals surface area contributed by atoms with Gasteiger partial charge in [0, 0.05) is 37.3 Å². The van der Waals surface area contributed by atoms with E-state index in [4.69, 9.17) is 0 Å². The molecule has 4 nitrogen and oxygen atoms in total. The maximum Gasteiger partial charge on any atom is 0.243 e. The fourth-order valence-electron chi connectivity index (χ4n) is 3.50. The summed E-state index contributed by atoms with van der Waals surface area (Å²) in [7, 11) is -3.49. The highest BCUT2D eigenvalue weighted by molar-refractivity contribution is 7.89. The summed E-state index contributed by atoms with van der Waals surface area (Å²) in [5.41, 5.74) is 2.38. The maximum absolute atomic E-state index is 13.2. The normalized spacial score (nSPS) is 16.1. The minimum absolute atomic E-state index is 0.402. The van der Waals surface area contributed by atoms with Crippen LogP contribution < -0.4 is 4.90 Å². The van der Waals surface area contributed by atoms with Gasteiger partial charge in [-0.05, 0) is 30.5 Å². The molecule has 0 saturated carbocycles. The topological polar surface area (TPSA) is 40.6 Å². The Morgan fingerprint density at radius 1 is 0.769 bits per heavy atom. The van der Waals surface area contributed by atoms with Crippen LogP contribution in [-0.2, 0) is 10.0 Å². The van der Waals surface area contributed by atoms with Crippen LogP contribution in [-0.4, -0.2) is 38.9 Å². The van der Waals surface area contributed by atoms with Gasteiger partial charge in [0.1, 0.15) is 0 Å². The molecule has 1 saturated heterocycles. The van der Waals surface area contributed by atoms with Gasteiger partial charge in [0.25, 0.3) is 0 Å². The number of anilines is 1. The molecule has 1 fully saturated rings. The van der Waals surface area contributed by atoms with E-state index in [-0.39, 0.29) is 0 Å². The minimum atomic E-state index is -3.49. The minimum Gasteiger partial charge on any atom is -0.369 e. The van der Waals surface area contributed by atoms with E-state index in [0.717, 1.165) is 16.5 Å². The Morgan fingerprint density at radius 3 is 2.15 bits per heavy atom. The molecule has 0 bridgehead atoms. The lowest BCUT2D eigenvalue weighted by Gasteiger charge is -2.35.